The number of carbonyl (C=O) groups excluding carboxylic acids is 2. The lowest BCUT2D eigenvalue weighted by atomic mass is 9.95. The highest BCUT2D eigenvalue weighted by atomic mass is 32.1. The molecular formula is C28H22N4O6S. The number of nitro groups is 1. The largest absolute Gasteiger partial charge is 0.507 e. The first-order chi connectivity index (χ1) is 18.7. The van der Waals surface area contributed by atoms with Gasteiger partial charge >= 0.3 is 5.91 Å². The fourth-order valence-corrected chi connectivity index (χ4v) is 5.05. The molecule has 0 radical (unpaired) electrons. The van der Waals surface area contributed by atoms with Crippen LogP contribution in [0, 0.1) is 24.0 Å². The fraction of sp³-hybridized carbons (Fsp3) is 0.143. The lowest BCUT2D eigenvalue weighted by Crippen LogP contribution is -2.29. The van der Waals surface area contributed by atoms with Crippen LogP contribution in [0.3, 0.4) is 0 Å². The summed E-state index contributed by atoms with van der Waals surface area (Å²) in [4.78, 5) is 38.2. The van der Waals surface area contributed by atoms with Crippen LogP contribution in [0.4, 0.5) is 10.8 Å². The number of aliphatic hydroxyl groups is 1. The number of aryl methyl sites for hydroxylation is 2. The van der Waals surface area contributed by atoms with Crippen molar-refractivity contribution in [2.24, 2.45) is 0 Å². The highest BCUT2D eigenvalue weighted by Crippen LogP contribution is 2.43. The van der Waals surface area contributed by atoms with E-state index >= 15 is 0 Å². The Balaban J connectivity index is 1.51. The molecule has 0 bridgehead atoms. The predicted octanol–water partition coefficient (Wildman–Crippen LogP) is 5.27. The molecule has 1 amide bonds. The van der Waals surface area contributed by atoms with Gasteiger partial charge < -0.3 is 9.84 Å². The molecule has 1 fully saturated rings. The Bertz CT molecular complexity index is 1610. The number of ether oxygens (including phenoxy) is 1. The molecule has 5 rings (SSSR count). The van der Waals surface area contributed by atoms with Crippen molar-refractivity contribution in [3.8, 4) is 5.75 Å². The van der Waals surface area contributed by atoms with Crippen LogP contribution in [-0.2, 0) is 16.2 Å². The minimum Gasteiger partial charge on any atom is -0.507 e. The number of non-ortho nitro benzene ring substituents is 1. The summed E-state index contributed by atoms with van der Waals surface area (Å²) in [5, 5.41) is 31.2. The molecule has 0 aliphatic carbocycles. The first-order valence-corrected chi connectivity index (χ1v) is 12.7. The Morgan fingerprint density at radius 1 is 1.05 bits per heavy atom. The van der Waals surface area contributed by atoms with Crippen LogP contribution in [0.2, 0.25) is 0 Å². The Hall–Kier alpha value is -4.90. The number of benzene rings is 3. The zero-order valence-corrected chi connectivity index (χ0v) is 21.7. The van der Waals surface area contributed by atoms with Crippen molar-refractivity contribution in [1.82, 2.24) is 10.2 Å². The monoisotopic (exact) mass is 542 g/mol. The lowest BCUT2D eigenvalue weighted by Gasteiger charge is -2.22. The van der Waals surface area contributed by atoms with Crippen molar-refractivity contribution >= 4 is 39.6 Å². The fourth-order valence-electron chi connectivity index (χ4n) is 4.34. The summed E-state index contributed by atoms with van der Waals surface area (Å²) in [6.45, 7) is 4.07. The van der Waals surface area contributed by atoms with Crippen LogP contribution >= 0.6 is 11.3 Å². The van der Waals surface area contributed by atoms with Gasteiger partial charge in [-0.25, -0.2) is 0 Å². The van der Waals surface area contributed by atoms with Crippen molar-refractivity contribution < 1.29 is 24.4 Å². The van der Waals surface area contributed by atoms with Crippen molar-refractivity contribution in [1.29, 1.82) is 0 Å². The molecular weight excluding hydrogens is 520 g/mol. The third-order valence-corrected chi connectivity index (χ3v) is 7.04. The number of hydrogen-bond donors (Lipinski definition) is 1. The Labute approximate surface area is 227 Å². The highest BCUT2D eigenvalue weighted by molar-refractivity contribution is 7.15. The molecule has 4 aromatic rings. The van der Waals surface area contributed by atoms with Gasteiger partial charge in [0.25, 0.3) is 11.5 Å². The number of ketones is 1. The van der Waals surface area contributed by atoms with E-state index in [1.807, 2.05) is 31.2 Å². The van der Waals surface area contributed by atoms with E-state index in [1.54, 1.807) is 31.2 Å². The van der Waals surface area contributed by atoms with Gasteiger partial charge in [-0.1, -0.05) is 41.2 Å². The Morgan fingerprint density at radius 2 is 1.77 bits per heavy atom. The van der Waals surface area contributed by atoms with E-state index in [9.17, 15) is 24.8 Å². The van der Waals surface area contributed by atoms with E-state index in [1.165, 1.54) is 29.2 Å². The molecule has 0 spiro atoms. The summed E-state index contributed by atoms with van der Waals surface area (Å²) in [6, 6.07) is 18.9. The molecule has 1 aliphatic rings. The van der Waals surface area contributed by atoms with E-state index in [0.717, 1.165) is 22.5 Å². The number of aromatic nitrogens is 2. The maximum atomic E-state index is 13.2. The lowest BCUT2D eigenvalue weighted by molar-refractivity contribution is -0.384. The second kappa shape index (κ2) is 10.5. The second-order valence-electron chi connectivity index (χ2n) is 8.92. The van der Waals surface area contributed by atoms with Gasteiger partial charge in [0, 0.05) is 17.7 Å². The number of hydrogen-bond acceptors (Lipinski definition) is 9. The predicted molar refractivity (Wildman–Crippen MR) is 144 cm³/mol. The van der Waals surface area contributed by atoms with Gasteiger partial charge in [0.2, 0.25) is 5.13 Å². The maximum Gasteiger partial charge on any atom is 0.301 e. The summed E-state index contributed by atoms with van der Waals surface area (Å²) in [7, 11) is 0. The molecule has 0 saturated carbocycles. The molecule has 1 atom stereocenters. The van der Waals surface area contributed by atoms with Crippen molar-refractivity contribution in [2.75, 3.05) is 4.90 Å². The SMILES string of the molecule is Cc1cccc(COc2ccc(C(O)=C3C(=O)C(=O)N(c4nnc(C)s4)[C@@H]3c3ccc([N+](=O)[O-])cc3)cc2)c1. The van der Waals surface area contributed by atoms with Crippen molar-refractivity contribution in [3.63, 3.8) is 0 Å². The number of aliphatic hydroxyl groups excluding tert-OH is 1. The number of Topliss-reactive ketones (excluding diaryl/α,β-unsaturated/α-hetero) is 1. The molecule has 10 nitrogen and oxygen atoms in total. The van der Waals surface area contributed by atoms with Crippen LogP contribution in [0.15, 0.2) is 78.4 Å². The summed E-state index contributed by atoms with van der Waals surface area (Å²) in [6.07, 6.45) is 0. The molecule has 196 valence electrons. The first kappa shape index (κ1) is 25.7. The topological polar surface area (TPSA) is 136 Å². The van der Waals surface area contributed by atoms with Gasteiger partial charge in [0.1, 0.15) is 23.1 Å². The molecule has 0 unspecified atom stereocenters. The molecule has 1 aromatic heterocycles. The molecule has 1 aliphatic heterocycles. The zero-order valence-electron chi connectivity index (χ0n) is 20.9. The number of carbonyl (C=O) groups is 2. The number of nitrogens with zero attached hydrogens (tertiary/aromatic N) is 4. The summed E-state index contributed by atoms with van der Waals surface area (Å²) < 4.78 is 5.85. The van der Waals surface area contributed by atoms with E-state index < -0.39 is 22.7 Å². The van der Waals surface area contributed by atoms with E-state index in [-0.39, 0.29) is 22.2 Å². The molecule has 1 N–H and O–H groups in total. The van der Waals surface area contributed by atoms with Crippen LogP contribution in [0.25, 0.3) is 5.76 Å². The van der Waals surface area contributed by atoms with Gasteiger partial charge in [-0.3, -0.25) is 24.6 Å². The highest BCUT2D eigenvalue weighted by Gasteiger charge is 2.48. The van der Waals surface area contributed by atoms with E-state index in [2.05, 4.69) is 10.2 Å². The third kappa shape index (κ3) is 5.12. The van der Waals surface area contributed by atoms with Crippen LogP contribution in [0.1, 0.15) is 33.3 Å². The molecule has 39 heavy (non-hydrogen) atoms. The molecule has 1 saturated heterocycles. The molecule has 2 heterocycles. The van der Waals surface area contributed by atoms with Gasteiger partial charge in [-0.15, -0.1) is 10.2 Å². The number of nitro benzene ring substituents is 1. The zero-order chi connectivity index (χ0) is 27.7. The minimum atomic E-state index is -1.06. The normalized spacial score (nSPS) is 16.5. The van der Waals surface area contributed by atoms with E-state index in [0.29, 0.717) is 28.5 Å². The summed E-state index contributed by atoms with van der Waals surface area (Å²) in [5.41, 5.74) is 2.53. The quantitative estimate of drug-likeness (QED) is 0.110. The van der Waals surface area contributed by atoms with Gasteiger partial charge in [0.15, 0.2) is 0 Å². The van der Waals surface area contributed by atoms with Gasteiger partial charge in [-0.2, -0.15) is 0 Å². The summed E-state index contributed by atoms with van der Waals surface area (Å²) >= 11 is 1.11. The van der Waals surface area contributed by atoms with Crippen LogP contribution in [0.5, 0.6) is 5.75 Å². The van der Waals surface area contributed by atoms with Gasteiger partial charge in [-0.05, 0) is 61.4 Å². The second-order valence-corrected chi connectivity index (χ2v) is 10.1. The number of rotatable bonds is 7. The smallest absolute Gasteiger partial charge is 0.301 e. The number of amides is 1. The summed E-state index contributed by atoms with van der Waals surface area (Å²) in [5.74, 6) is -1.60. The van der Waals surface area contributed by atoms with Gasteiger partial charge in [0.05, 0.1) is 16.5 Å². The first-order valence-electron chi connectivity index (χ1n) is 11.9. The standard InChI is InChI=1S/C28H22N4O6S/c1-16-4-3-5-18(14-16)15-38-22-12-8-20(9-13-22)25(33)23-24(19-6-10-21(11-7-19)32(36)37)31(27(35)26(23)34)28-30-29-17(2)39-28/h3-14,24,33H,15H2,1-2H3/t24-/m1/s1. The molecule has 11 heteroatoms. The minimum absolute atomic E-state index is 0.149. The van der Waals surface area contributed by atoms with Crippen LogP contribution < -0.4 is 9.64 Å². The third-order valence-electron chi connectivity index (χ3n) is 6.20. The van der Waals surface area contributed by atoms with E-state index in [4.69, 9.17) is 4.74 Å². The average molecular weight is 543 g/mol. The van der Waals surface area contributed by atoms with Crippen molar-refractivity contribution in [3.05, 3.63) is 116 Å². The average Bonchev–Trinajstić information content (AvgIpc) is 3.47. The van der Waals surface area contributed by atoms with Crippen molar-refractivity contribution in [2.45, 2.75) is 26.5 Å². The number of anilines is 1. The Morgan fingerprint density at radius 3 is 2.38 bits per heavy atom. The Kier molecular flexibility index (Phi) is 6.90. The maximum absolute atomic E-state index is 13.2. The molecule has 3 aromatic carbocycles. The van der Waals surface area contributed by atoms with Crippen LogP contribution in [-0.4, -0.2) is 31.9 Å².